The average molecular weight is 576 g/mol. The second-order valence-corrected chi connectivity index (χ2v) is 10.8. The Morgan fingerprint density at radius 1 is 0.951 bits per heavy atom. The van der Waals surface area contributed by atoms with Crippen LogP contribution >= 0.6 is 0 Å². The SMILES string of the molecule is CC(C)COC(=O)N[C@@H](CNC(=O)[C@H](CC(C)C)NC(=O)[C@@H]1CCCN1C(=O)CNC(=O)c1ccccc1)C(=O)O. The summed E-state index contributed by atoms with van der Waals surface area (Å²) in [6, 6.07) is 5.18. The van der Waals surface area contributed by atoms with E-state index in [4.69, 9.17) is 4.74 Å². The molecule has 0 radical (unpaired) electrons. The number of hydrogen-bond donors (Lipinski definition) is 5. The number of carboxylic acid groups (broad SMARTS) is 1. The third kappa shape index (κ3) is 11.1. The summed E-state index contributed by atoms with van der Waals surface area (Å²) in [6.45, 7) is 7.11. The van der Waals surface area contributed by atoms with E-state index in [0.717, 1.165) is 0 Å². The minimum atomic E-state index is -1.44. The summed E-state index contributed by atoms with van der Waals surface area (Å²) >= 11 is 0. The van der Waals surface area contributed by atoms with E-state index in [9.17, 15) is 33.9 Å². The van der Waals surface area contributed by atoms with Gasteiger partial charge in [0, 0.05) is 18.7 Å². The molecule has 1 heterocycles. The van der Waals surface area contributed by atoms with Gasteiger partial charge in [-0.1, -0.05) is 45.9 Å². The van der Waals surface area contributed by atoms with Crippen LogP contribution in [0.15, 0.2) is 30.3 Å². The van der Waals surface area contributed by atoms with Crippen LogP contribution in [0.25, 0.3) is 0 Å². The van der Waals surface area contributed by atoms with Crippen LogP contribution in [-0.4, -0.2) is 90.1 Å². The lowest BCUT2D eigenvalue weighted by Crippen LogP contribution is -2.56. The normalized spacial score (nSPS) is 16.0. The van der Waals surface area contributed by atoms with E-state index >= 15 is 0 Å². The number of alkyl carbamates (subject to hydrolysis) is 1. The second kappa shape index (κ2) is 16.2. The first-order chi connectivity index (χ1) is 19.4. The number of carbonyl (C=O) groups excluding carboxylic acids is 5. The van der Waals surface area contributed by atoms with E-state index < -0.39 is 60.4 Å². The quantitative estimate of drug-likeness (QED) is 0.217. The van der Waals surface area contributed by atoms with Gasteiger partial charge in [-0.3, -0.25) is 19.2 Å². The highest BCUT2D eigenvalue weighted by Gasteiger charge is 2.36. The number of ether oxygens (including phenoxy) is 1. The molecule has 0 spiro atoms. The fraction of sp³-hybridized carbons (Fsp3) is 0.571. The molecule has 1 aromatic carbocycles. The molecule has 41 heavy (non-hydrogen) atoms. The van der Waals surface area contributed by atoms with Gasteiger partial charge in [-0.25, -0.2) is 9.59 Å². The van der Waals surface area contributed by atoms with Crippen molar-refractivity contribution in [3.05, 3.63) is 35.9 Å². The van der Waals surface area contributed by atoms with Crippen LogP contribution in [0.3, 0.4) is 0 Å². The second-order valence-electron chi connectivity index (χ2n) is 10.8. The Hall–Kier alpha value is -4.16. The van der Waals surface area contributed by atoms with Gasteiger partial charge in [-0.05, 0) is 43.2 Å². The Kier molecular flexibility index (Phi) is 13.0. The van der Waals surface area contributed by atoms with E-state index in [2.05, 4.69) is 21.3 Å². The maximum Gasteiger partial charge on any atom is 0.407 e. The Bertz CT molecular complexity index is 1080. The topological polar surface area (TPSA) is 183 Å². The Balaban J connectivity index is 1.97. The summed E-state index contributed by atoms with van der Waals surface area (Å²) in [5.41, 5.74) is 0.409. The van der Waals surface area contributed by atoms with Crippen molar-refractivity contribution in [2.45, 2.75) is 65.1 Å². The highest BCUT2D eigenvalue weighted by molar-refractivity contribution is 5.97. The van der Waals surface area contributed by atoms with Crippen LogP contribution in [0, 0.1) is 11.8 Å². The van der Waals surface area contributed by atoms with Gasteiger partial charge in [0.15, 0.2) is 0 Å². The van der Waals surface area contributed by atoms with Gasteiger partial charge in [0.25, 0.3) is 5.91 Å². The Labute approximate surface area is 239 Å². The summed E-state index contributed by atoms with van der Waals surface area (Å²) < 4.78 is 4.94. The number of carbonyl (C=O) groups is 6. The van der Waals surface area contributed by atoms with Crippen LogP contribution in [0.5, 0.6) is 0 Å². The van der Waals surface area contributed by atoms with Crippen LogP contribution in [0.1, 0.15) is 57.3 Å². The highest BCUT2D eigenvalue weighted by Crippen LogP contribution is 2.18. The molecule has 5 N–H and O–H groups in total. The molecule has 1 aliphatic rings. The minimum absolute atomic E-state index is 0.0000287. The number of amides is 5. The van der Waals surface area contributed by atoms with Crippen molar-refractivity contribution < 1.29 is 38.6 Å². The van der Waals surface area contributed by atoms with E-state index in [0.29, 0.717) is 24.9 Å². The van der Waals surface area contributed by atoms with Crippen molar-refractivity contribution in [3.63, 3.8) is 0 Å². The lowest BCUT2D eigenvalue weighted by Gasteiger charge is -2.27. The standard InChI is InChI=1S/C28H41N5O8/c1-17(2)13-20(25(36)29-14-21(27(38)39)32-28(40)41-16-18(3)4)31-26(37)22-11-8-12-33(22)23(34)15-30-24(35)19-9-6-5-7-10-19/h5-7,9-10,17-18,20-22H,8,11-16H2,1-4H3,(H,29,36)(H,30,35)(H,31,37)(H,32,40)(H,38,39)/t20-,21-,22-/m0/s1. The van der Waals surface area contributed by atoms with Gasteiger partial charge >= 0.3 is 12.1 Å². The number of aliphatic carboxylic acids is 1. The van der Waals surface area contributed by atoms with Crippen LogP contribution in [-0.2, 0) is 23.9 Å². The van der Waals surface area contributed by atoms with Crippen LogP contribution < -0.4 is 21.3 Å². The van der Waals surface area contributed by atoms with E-state index in [-0.39, 0.29) is 31.4 Å². The number of carboxylic acids is 1. The summed E-state index contributed by atoms with van der Waals surface area (Å²) in [6.07, 6.45) is 0.311. The van der Waals surface area contributed by atoms with Crippen molar-refractivity contribution in [1.82, 2.24) is 26.2 Å². The van der Waals surface area contributed by atoms with Gasteiger partial charge in [0.1, 0.15) is 18.1 Å². The number of nitrogens with zero attached hydrogens (tertiary/aromatic N) is 1. The Morgan fingerprint density at radius 3 is 2.24 bits per heavy atom. The predicted octanol–water partition coefficient (Wildman–Crippen LogP) is 0.890. The molecular formula is C28H41N5O8. The predicted molar refractivity (Wildman–Crippen MR) is 149 cm³/mol. The molecule has 0 aliphatic carbocycles. The van der Waals surface area contributed by atoms with Gasteiger partial charge in [0.05, 0.1) is 13.2 Å². The first-order valence-electron chi connectivity index (χ1n) is 13.8. The van der Waals surface area contributed by atoms with Gasteiger partial charge in [-0.15, -0.1) is 0 Å². The third-order valence-electron chi connectivity index (χ3n) is 6.27. The molecule has 1 aliphatic heterocycles. The van der Waals surface area contributed by atoms with E-state index in [1.54, 1.807) is 30.3 Å². The molecule has 0 bridgehead atoms. The lowest BCUT2D eigenvalue weighted by atomic mass is 10.0. The molecule has 1 fully saturated rings. The maximum atomic E-state index is 13.2. The zero-order chi connectivity index (χ0) is 30.5. The summed E-state index contributed by atoms with van der Waals surface area (Å²) in [4.78, 5) is 76.2. The maximum absolute atomic E-state index is 13.2. The molecule has 1 saturated heterocycles. The molecule has 0 aromatic heterocycles. The smallest absolute Gasteiger partial charge is 0.407 e. The first-order valence-corrected chi connectivity index (χ1v) is 13.8. The van der Waals surface area contributed by atoms with Gasteiger partial charge in [-0.2, -0.15) is 0 Å². The first kappa shape index (κ1) is 33.0. The molecule has 13 heteroatoms. The average Bonchev–Trinajstić information content (AvgIpc) is 3.42. The summed E-state index contributed by atoms with van der Waals surface area (Å²) in [7, 11) is 0. The molecule has 226 valence electrons. The van der Waals surface area contributed by atoms with Crippen molar-refractivity contribution >= 4 is 35.7 Å². The van der Waals surface area contributed by atoms with E-state index in [1.807, 2.05) is 27.7 Å². The molecular weight excluding hydrogens is 534 g/mol. The molecule has 13 nitrogen and oxygen atoms in total. The molecule has 5 amide bonds. The largest absolute Gasteiger partial charge is 0.480 e. The fourth-order valence-corrected chi connectivity index (χ4v) is 4.21. The number of hydrogen-bond acceptors (Lipinski definition) is 7. The highest BCUT2D eigenvalue weighted by atomic mass is 16.5. The van der Waals surface area contributed by atoms with Gasteiger partial charge < -0.3 is 36.0 Å². The fourth-order valence-electron chi connectivity index (χ4n) is 4.21. The molecule has 3 atom stereocenters. The number of rotatable bonds is 14. The zero-order valence-corrected chi connectivity index (χ0v) is 24.0. The van der Waals surface area contributed by atoms with Crippen molar-refractivity contribution in [1.29, 1.82) is 0 Å². The lowest BCUT2D eigenvalue weighted by molar-refractivity contribution is -0.139. The third-order valence-corrected chi connectivity index (χ3v) is 6.27. The molecule has 0 saturated carbocycles. The van der Waals surface area contributed by atoms with E-state index in [1.165, 1.54) is 4.90 Å². The Morgan fingerprint density at radius 2 is 1.63 bits per heavy atom. The molecule has 0 unspecified atom stereocenters. The monoisotopic (exact) mass is 575 g/mol. The van der Waals surface area contributed by atoms with Crippen LogP contribution in [0.2, 0.25) is 0 Å². The number of likely N-dealkylation sites (tertiary alicyclic amines) is 1. The number of nitrogens with one attached hydrogen (secondary N) is 4. The van der Waals surface area contributed by atoms with Crippen molar-refractivity contribution in [2.75, 3.05) is 26.2 Å². The number of benzene rings is 1. The van der Waals surface area contributed by atoms with Crippen molar-refractivity contribution in [3.8, 4) is 0 Å². The zero-order valence-electron chi connectivity index (χ0n) is 24.0. The van der Waals surface area contributed by atoms with Crippen molar-refractivity contribution in [2.24, 2.45) is 11.8 Å². The summed E-state index contributed by atoms with van der Waals surface area (Å²) in [5.74, 6) is -3.27. The van der Waals surface area contributed by atoms with Gasteiger partial charge in [0.2, 0.25) is 17.7 Å². The molecule has 1 aromatic rings. The minimum Gasteiger partial charge on any atom is -0.480 e. The van der Waals surface area contributed by atoms with Crippen LogP contribution in [0.4, 0.5) is 4.79 Å². The molecule has 2 rings (SSSR count). The summed E-state index contributed by atoms with van der Waals surface area (Å²) in [5, 5.41) is 19.4.